The molecule has 1 aliphatic rings. The monoisotopic (exact) mass is 352 g/mol. The summed E-state index contributed by atoms with van der Waals surface area (Å²) in [4.78, 5) is 12.4. The van der Waals surface area contributed by atoms with Crippen molar-refractivity contribution in [3.63, 3.8) is 0 Å². The van der Waals surface area contributed by atoms with E-state index in [-0.39, 0.29) is 5.78 Å². The SMILES string of the molecule is COc1ccc(C2=CC(CCc3cccc(Cl)c3)=C(C)C(=O)C2)cc1. The Hall–Kier alpha value is -2.32. The average Bonchev–Trinajstić information content (AvgIpc) is 2.63. The smallest absolute Gasteiger partial charge is 0.163 e. The molecular weight excluding hydrogens is 332 g/mol. The zero-order valence-corrected chi connectivity index (χ0v) is 15.3. The van der Waals surface area contributed by atoms with Gasteiger partial charge in [0.05, 0.1) is 7.11 Å². The van der Waals surface area contributed by atoms with Crippen LogP contribution in [0, 0.1) is 0 Å². The van der Waals surface area contributed by atoms with Crippen molar-refractivity contribution in [3.05, 3.63) is 81.9 Å². The number of rotatable bonds is 5. The molecule has 0 aliphatic heterocycles. The summed E-state index contributed by atoms with van der Waals surface area (Å²) in [5, 5.41) is 0.748. The fourth-order valence-electron chi connectivity index (χ4n) is 3.08. The highest BCUT2D eigenvalue weighted by molar-refractivity contribution is 6.30. The van der Waals surface area contributed by atoms with Gasteiger partial charge in [-0.3, -0.25) is 4.79 Å². The van der Waals surface area contributed by atoms with Crippen molar-refractivity contribution < 1.29 is 9.53 Å². The summed E-state index contributed by atoms with van der Waals surface area (Å²) in [6.45, 7) is 1.93. The van der Waals surface area contributed by atoms with Crippen molar-refractivity contribution in [2.75, 3.05) is 7.11 Å². The van der Waals surface area contributed by atoms with Crippen LogP contribution >= 0.6 is 11.6 Å². The van der Waals surface area contributed by atoms with Crippen LogP contribution in [0.25, 0.3) is 5.57 Å². The Morgan fingerprint density at radius 2 is 1.84 bits per heavy atom. The Balaban J connectivity index is 1.82. The van der Waals surface area contributed by atoms with Crippen LogP contribution in [-0.2, 0) is 11.2 Å². The molecule has 0 fully saturated rings. The second kappa shape index (κ2) is 7.71. The number of hydrogen-bond donors (Lipinski definition) is 0. The molecule has 2 aromatic carbocycles. The molecule has 0 amide bonds. The zero-order chi connectivity index (χ0) is 17.8. The molecule has 0 N–H and O–H groups in total. The standard InChI is InChI=1S/C22H21ClO2/c1-15-18(7-6-16-4-3-5-20(23)12-16)13-19(14-22(15)24)17-8-10-21(25-2)11-9-17/h3-5,8-13H,6-7,14H2,1-2H3. The van der Waals surface area contributed by atoms with Gasteiger partial charge in [0.25, 0.3) is 0 Å². The lowest BCUT2D eigenvalue weighted by Gasteiger charge is -2.18. The Kier molecular flexibility index (Phi) is 5.40. The summed E-state index contributed by atoms with van der Waals surface area (Å²) in [7, 11) is 1.65. The van der Waals surface area contributed by atoms with Gasteiger partial charge in [0.15, 0.2) is 5.78 Å². The summed E-state index contributed by atoms with van der Waals surface area (Å²) < 4.78 is 5.21. The van der Waals surface area contributed by atoms with Gasteiger partial charge in [-0.2, -0.15) is 0 Å². The van der Waals surface area contributed by atoms with Crippen LogP contribution in [0.5, 0.6) is 5.75 Å². The van der Waals surface area contributed by atoms with Gasteiger partial charge in [-0.1, -0.05) is 41.9 Å². The Labute approximate surface area is 153 Å². The molecule has 0 atom stereocenters. The van der Waals surface area contributed by atoms with Gasteiger partial charge in [0, 0.05) is 11.4 Å². The molecular formula is C22H21ClO2. The molecule has 0 aromatic heterocycles. The van der Waals surface area contributed by atoms with Crippen LogP contribution in [0.2, 0.25) is 5.02 Å². The molecule has 0 unspecified atom stereocenters. The molecule has 0 radical (unpaired) electrons. The van der Waals surface area contributed by atoms with Crippen molar-refractivity contribution in [3.8, 4) is 5.75 Å². The molecule has 3 rings (SSSR count). The third-order valence-corrected chi connectivity index (χ3v) is 4.87. The van der Waals surface area contributed by atoms with Crippen LogP contribution in [0.1, 0.15) is 30.9 Å². The van der Waals surface area contributed by atoms with E-state index < -0.39 is 0 Å². The predicted octanol–water partition coefficient (Wildman–Crippen LogP) is 5.65. The minimum Gasteiger partial charge on any atom is -0.497 e. The number of methoxy groups -OCH3 is 1. The first-order valence-electron chi connectivity index (χ1n) is 8.39. The molecule has 3 heteroatoms. The van der Waals surface area contributed by atoms with Crippen LogP contribution in [0.15, 0.2) is 65.8 Å². The highest BCUT2D eigenvalue weighted by Crippen LogP contribution is 2.31. The van der Waals surface area contributed by atoms with Gasteiger partial charge >= 0.3 is 0 Å². The number of carbonyl (C=O) groups is 1. The molecule has 2 nitrogen and oxygen atoms in total. The number of Topliss-reactive ketones (excluding diaryl/α,β-unsaturated/α-hetero) is 1. The highest BCUT2D eigenvalue weighted by atomic mass is 35.5. The van der Waals surface area contributed by atoms with Gasteiger partial charge in [0.2, 0.25) is 0 Å². The number of hydrogen-bond acceptors (Lipinski definition) is 2. The summed E-state index contributed by atoms with van der Waals surface area (Å²) in [6, 6.07) is 15.8. The van der Waals surface area contributed by atoms with E-state index in [1.165, 1.54) is 5.56 Å². The van der Waals surface area contributed by atoms with Crippen molar-refractivity contribution in [2.45, 2.75) is 26.2 Å². The normalized spacial score (nSPS) is 14.5. The second-order valence-electron chi connectivity index (χ2n) is 6.28. The van der Waals surface area contributed by atoms with Crippen molar-refractivity contribution in [1.82, 2.24) is 0 Å². The van der Waals surface area contributed by atoms with E-state index in [1.54, 1.807) is 7.11 Å². The maximum atomic E-state index is 12.4. The Bertz CT molecular complexity index is 845. The number of ether oxygens (including phenoxy) is 1. The van der Waals surface area contributed by atoms with E-state index in [0.717, 1.165) is 45.9 Å². The summed E-state index contributed by atoms with van der Waals surface area (Å²) >= 11 is 6.06. The number of ketones is 1. The number of carbonyl (C=O) groups excluding carboxylic acids is 1. The molecule has 128 valence electrons. The average molecular weight is 353 g/mol. The van der Waals surface area contributed by atoms with E-state index in [4.69, 9.17) is 16.3 Å². The second-order valence-corrected chi connectivity index (χ2v) is 6.71. The molecule has 25 heavy (non-hydrogen) atoms. The molecule has 2 aromatic rings. The topological polar surface area (TPSA) is 26.3 Å². The van der Waals surface area contributed by atoms with Crippen LogP contribution in [0.4, 0.5) is 0 Å². The number of halogens is 1. The van der Waals surface area contributed by atoms with E-state index in [2.05, 4.69) is 12.1 Å². The molecule has 0 heterocycles. The lowest BCUT2D eigenvalue weighted by molar-refractivity contribution is -0.114. The summed E-state index contributed by atoms with van der Waals surface area (Å²) in [6.07, 6.45) is 4.33. The van der Waals surface area contributed by atoms with Gasteiger partial charge < -0.3 is 4.74 Å². The quantitative estimate of drug-likeness (QED) is 0.694. The largest absolute Gasteiger partial charge is 0.497 e. The Morgan fingerprint density at radius 3 is 2.52 bits per heavy atom. The first kappa shape index (κ1) is 17.5. The minimum absolute atomic E-state index is 0.203. The van der Waals surface area contributed by atoms with Crippen molar-refractivity contribution in [2.24, 2.45) is 0 Å². The van der Waals surface area contributed by atoms with Crippen molar-refractivity contribution >= 4 is 23.0 Å². The molecule has 0 saturated heterocycles. The lowest BCUT2D eigenvalue weighted by atomic mass is 9.86. The van der Waals surface area contributed by atoms with Crippen LogP contribution in [-0.4, -0.2) is 12.9 Å². The van der Waals surface area contributed by atoms with Crippen molar-refractivity contribution in [1.29, 1.82) is 0 Å². The molecule has 0 bridgehead atoms. The van der Waals surface area contributed by atoms with Gasteiger partial charge in [-0.15, -0.1) is 0 Å². The Morgan fingerprint density at radius 1 is 1.08 bits per heavy atom. The van der Waals surface area contributed by atoms with E-state index in [0.29, 0.717) is 6.42 Å². The maximum absolute atomic E-state index is 12.4. The predicted molar refractivity (Wildman–Crippen MR) is 103 cm³/mol. The highest BCUT2D eigenvalue weighted by Gasteiger charge is 2.19. The van der Waals surface area contributed by atoms with Crippen LogP contribution < -0.4 is 4.74 Å². The van der Waals surface area contributed by atoms with Gasteiger partial charge in [-0.05, 0) is 71.9 Å². The number of aryl methyl sites for hydroxylation is 1. The molecule has 0 spiro atoms. The summed E-state index contributed by atoms with van der Waals surface area (Å²) in [5.41, 5.74) is 5.31. The number of benzene rings is 2. The molecule has 0 saturated carbocycles. The van der Waals surface area contributed by atoms with Crippen LogP contribution in [0.3, 0.4) is 0 Å². The first-order valence-corrected chi connectivity index (χ1v) is 8.77. The molecule has 1 aliphatic carbocycles. The minimum atomic E-state index is 0.203. The zero-order valence-electron chi connectivity index (χ0n) is 14.5. The maximum Gasteiger partial charge on any atom is 0.163 e. The first-order chi connectivity index (χ1) is 12.1. The third-order valence-electron chi connectivity index (χ3n) is 4.63. The van der Waals surface area contributed by atoms with E-state index in [1.807, 2.05) is 49.4 Å². The van der Waals surface area contributed by atoms with Gasteiger partial charge in [-0.25, -0.2) is 0 Å². The third kappa shape index (κ3) is 4.21. The van der Waals surface area contributed by atoms with E-state index in [9.17, 15) is 4.79 Å². The fraction of sp³-hybridized carbons (Fsp3) is 0.227. The van der Waals surface area contributed by atoms with Gasteiger partial charge in [0.1, 0.15) is 5.75 Å². The lowest BCUT2D eigenvalue weighted by Crippen LogP contribution is -2.09. The summed E-state index contributed by atoms with van der Waals surface area (Å²) in [5.74, 6) is 1.02. The van der Waals surface area contributed by atoms with E-state index >= 15 is 0 Å². The fourth-order valence-corrected chi connectivity index (χ4v) is 3.29. The number of allylic oxidation sites excluding steroid dienone is 4.